The van der Waals surface area contributed by atoms with E-state index in [-0.39, 0.29) is 12.3 Å². The smallest absolute Gasteiger partial charge is 0.237 e. The lowest BCUT2D eigenvalue weighted by atomic mass is 9.68. The highest BCUT2D eigenvalue weighted by Gasteiger charge is 2.48. The number of nitriles is 2. The molecule has 0 unspecified atom stereocenters. The summed E-state index contributed by atoms with van der Waals surface area (Å²) >= 11 is 0. The molecule has 4 aromatic rings. The third kappa shape index (κ3) is 3.40. The molecule has 5 rings (SSSR count). The number of anilines is 1. The number of fused-ring (bicyclic) bond motifs is 1. The summed E-state index contributed by atoms with van der Waals surface area (Å²) in [6, 6.07) is 15.9. The second-order valence-corrected chi connectivity index (χ2v) is 8.20. The van der Waals surface area contributed by atoms with Crippen LogP contribution in [0, 0.1) is 28.6 Å². The molecule has 1 aromatic carbocycles. The molecule has 0 radical (unpaired) electrons. The molecule has 2 N–H and O–H groups in total. The van der Waals surface area contributed by atoms with Crippen LogP contribution in [0.4, 0.5) is 5.69 Å². The molecule has 1 aliphatic carbocycles. The minimum absolute atomic E-state index is 0.0762. The van der Waals surface area contributed by atoms with Crippen molar-refractivity contribution in [3.8, 4) is 40.5 Å². The Kier molecular flexibility index (Phi) is 4.87. The van der Waals surface area contributed by atoms with Crippen LogP contribution in [0.1, 0.15) is 19.3 Å². The topological polar surface area (TPSA) is 139 Å². The number of ether oxygens (including phenoxy) is 1. The number of methoxy groups -OCH3 is 1. The molecule has 1 saturated carbocycles. The Balaban J connectivity index is 1.62. The van der Waals surface area contributed by atoms with E-state index >= 15 is 0 Å². The van der Waals surface area contributed by atoms with Crippen molar-refractivity contribution < 1.29 is 4.74 Å². The lowest BCUT2D eigenvalue weighted by Crippen LogP contribution is -2.47. The van der Waals surface area contributed by atoms with Gasteiger partial charge in [0.1, 0.15) is 5.69 Å². The van der Waals surface area contributed by atoms with Crippen molar-refractivity contribution in [2.24, 2.45) is 5.92 Å². The van der Waals surface area contributed by atoms with Crippen molar-refractivity contribution in [2.75, 3.05) is 12.8 Å². The third-order valence-electron chi connectivity index (χ3n) is 6.14. The Labute approximate surface area is 190 Å². The van der Waals surface area contributed by atoms with Crippen molar-refractivity contribution in [2.45, 2.75) is 24.8 Å². The third-order valence-corrected chi connectivity index (χ3v) is 6.14. The number of hydrogen-bond acceptors (Lipinski definition) is 8. The summed E-state index contributed by atoms with van der Waals surface area (Å²) in [7, 11) is 1.53. The van der Waals surface area contributed by atoms with Gasteiger partial charge in [0, 0.05) is 22.7 Å². The Bertz CT molecular complexity index is 1440. The molecule has 0 aliphatic heterocycles. The van der Waals surface area contributed by atoms with E-state index in [0.717, 1.165) is 22.0 Å². The fourth-order valence-corrected chi connectivity index (χ4v) is 4.41. The highest BCUT2D eigenvalue weighted by Crippen LogP contribution is 2.45. The van der Waals surface area contributed by atoms with Gasteiger partial charge in [0.25, 0.3) is 0 Å². The molecule has 1 fully saturated rings. The van der Waals surface area contributed by atoms with E-state index in [1.165, 1.54) is 7.11 Å². The van der Waals surface area contributed by atoms with Crippen molar-refractivity contribution in [3.63, 3.8) is 0 Å². The quantitative estimate of drug-likeness (QED) is 0.499. The van der Waals surface area contributed by atoms with Gasteiger partial charge < -0.3 is 10.5 Å². The summed E-state index contributed by atoms with van der Waals surface area (Å²) in [6.45, 7) is 0. The number of rotatable bonds is 5. The minimum atomic E-state index is -0.537. The number of nitrogen functional groups attached to an aromatic ring is 1. The maximum atomic E-state index is 9.34. The van der Waals surface area contributed by atoms with E-state index < -0.39 is 5.54 Å². The average molecular weight is 436 g/mol. The molecule has 3 heterocycles. The summed E-state index contributed by atoms with van der Waals surface area (Å²) in [6.07, 6.45) is 4.84. The molecule has 3 aromatic heterocycles. The van der Waals surface area contributed by atoms with Crippen molar-refractivity contribution in [3.05, 3.63) is 48.8 Å². The van der Waals surface area contributed by atoms with Crippen LogP contribution < -0.4 is 10.5 Å². The fraction of sp³-hybridized carbons (Fsp3) is 0.250. The normalized spacial score (nSPS) is 19.4. The van der Waals surface area contributed by atoms with Crippen LogP contribution in [-0.4, -0.2) is 32.1 Å². The zero-order chi connectivity index (χ0) is 23.0. The van der Waals surface area contributed by atoms with Gasteiger partial charge in [0.05, 0.1) is 60.2 Å². The number of hydrogen-bond donors (Lipinski definition) is 1. The van der Waals surface area contributed by atoms with Crippen LogP contribution in [0.25, 0.3) is 33.4 Å². The molecule has 0 spiro atoms. The van der Waals surface area contributed by atoms with E-state index in [1.54, 1.807) is 23.3 Å². The van der Waals surface area contributed by atoms with Gasteiger partial charge in [-0.1, -0.05) is 6.07 Å². The molecule has 0 atom stereocenters. The van der Waals surface area contributed by atoms with E-state index in [4.69, 9.17) is 15.6 Å². The van der Waals surface area contributed by atoms with Crippen molar-refractivity contribution in [1.82, 2.24) is 25.0 Å². The predicted octanol–water partition coefficient (Wildman–Crippen LogP) is 3.69. The van der Waals surface area contributed by atoms with Gasteiger partial charge in [-0.25, -0.2) is 4.98 Å². The Hall–Kier alpha value is -4.50. The summed E-state index contributed by atoms with van der Waals surface area (Å²) in [5.41, 5.74) is 9.69. The first kappa shape index (κ1) is 20.4. The van der Waals surface area contributed by atoms with E-state index in [9.17, 15) is 10.5 Å². The fourth-order valence-electron chi connectivity index (χ4n) is 4.41. The molecular weight excluding hydrogens is 416 g/mol. The maximum absolute atomic E-state index is 9.34. The Morgan fingerprint density at radius 2 is 2.06 bits per heavy atom. The van der Waals surface area contributed by atoms with Gasteiger partial charge in [-0.3, -0.25) is 4.98 Å². The van der Waals surface area contributed by atoms with Crippen LogP contribution in [-0.2, 0) is 5.54 Å². The van der Waals surface area contributed by atoms with Crippen LogP contribution in [0.15, 0.2) is 48.8 Å². The first-order chi connectivity index (χ1) is 16.1. The Morgan fingerprint density at radius 3 is 2.82 bits per heavy atom. The highest BCUT2D eigenvalue weighted by molar-refractivity contribution is 5.97. The largest absolute Gasteiger partial charge is 0.480 e. The summed E-state index contributed by atoms with van der Waals surface area (Å²) in [4.78, 5) is 10.7. The molecule has 33 heavy (non-hydrogen) atoms. The second-order valence-electron chi connectivity index (χ2n) is 8.20. The molecule has 0 bridgehead atoms. The number of nitrogens with two attached hydrogens (primary N) is 1. The average Bonchev–Trinajstić information content (AvgIpc) is 3.31. The van der Waals surface area contributed by atoms with Crippen LogP contribution in [0.5, 0.6) is 5.88 Å². The predicted molar refractivity (Wildman–Crippen MR) is 121 cm³/mol. The lowest BCUT2D eigenvalue weighted by molar-refractivity contribution is 0.0713. The van der Waals surface area contributed by atoms with Gasteiger partial charge in [0.15, 0.2) is 0 Å². The van der Waals surface area contributed by atoms with Crippen molar-refractivity contribution >= 4 is 16.6 Å². The lowest BCUT2D eigenvalue weighted by Gasteiger charge is -2.42. The van der Waals surface area contributed by atoms with Gasteiger partial charge in [-0.2, -0.15) is 25.5 Å². The first-order valence-corrected chi connectivity index (χ1v) is 10.5. The van der Waals surface area contributed by atoms with Crippen LogP contribution >= 0.6 is 0 Å². The molecule has 0 amide bonds. The van der Waals surface area contributed by atoms with Crippen molar-refractivity contribution in [1.29, 1.82) is 10.5 Å². The number of pyridine rings is 2. The van der Waals surface area contributed by atoms with E-state index in [1.807, 2.05) is 30.3 Å². The minimum Gasteiger partial charge on any atom is -0.480 e. The highest BCUT2D eigenvalue weighted by atomic mass is 16.5. The number of benzene rings is 1. The van der Waals surface area contributed by atoms with E-state index in [0.29, 0.717) is 35.8 Å². The number of aromatic nitrogens is 5. The summed E-state index contributed by atoms with van der Waals surface area (Å²) < 4.78 is 5.28. The molecule has 9 heteroatoms. The monoisotopic (exact) mass is 436 g/mol. The maximum Gasteiger partial charge on any atom is 0.237 e. The number of nitrogens with zero attached hydrogens (tertiary/aromatic N) is 7. The second kappa shape index (κ2) is 7.88. The summed E-state index contributed by atoms with van der Waals surface area (Å²) in [5, 5.41) is 28.7. The van der Waals surface area contributed by atoms with Gasteiger partial charge >= 0.3 is 0 Å². The zero-order valence-corrected chi connectivity index (χ0v) is 17.9. The molecular formula is C24H20N8O. The van der Waals surface area contributed by atoms with Gasteiger partial charge in [-0.15, -0.1) is 0 Å². The molecule has 0 saturated heterocycles. The summed E-state index contributed by atoms with van der Waals surface area (Å²) in [5.74, 6) is 0.282. The standard InChI is InChI=1S/C24H20N8O/c1-33-23-19(27)4-5-20(30-23)16-9-18(17-3-2-8-28-21(17)10-16)22-14-29-32(31-22)24(6-7-25)11-15(12-24)13-26/h2-5,8-10,14-15H,6,11-12,27H2,1H3. The van der Waals surface area contributed by atoms with Gasteiger partial charge in [0.2, 0.25) is 5.88 Å². The van der Waals surface area contributed by atoms with Crippen LogP contribution in [0.3, 0.4) is 0 Å². The van der Waals surface area contributed by atoms with Crippen LogP contribution in [0.2, 0.25) is 0 Å². The SMILES string of the molecule is COc1nc(-c2cc(-c3cnn(C4(CC#N)CC(C#N)C4)n3)c3cccnc3c2)ccc1N. The zero-order valence-electron chi connectivity index (χ0n) is 17.9. The molecule has 1 aliphatic rings. The van der Waals surface area contributed by atoms with E-state index in [2.05, 4.69) is 27.2 Å². The first-order valence-electron chi connectivity index (χ1n) is 10.5. The molecule has 162 valence electrons. The Morgan fingerprint density at radius 1 is 1.21 bits per heavy atom. The molecule has 9 nitrogen and oxygen atoms in total. The van der Waals surface area contributed by atoms with Gasteiger partial charge in [-0.05, 0) is 43.2 Å².